The van der Waals surface area contributed by atoms with Gasteiger partial charge in [-0.25, -0.2) is 0 Å². The van der Waals surface area contributed by atoms with Crippen molar-refractivity contribution in [2.75, 3.05) is 13.1 Å². The van der Waals surface area contributed by atoms with E-state index in [9.17, 15) is 9.90 Å². The molecule has 0 saturated carbocycles. The van der Waals surface area contributed by atoms with Gasteiger partial charge in [-0.05, 0) is 44.7 Å². The average molecular weight is 277 g/mol. The zero-order valence-electron chi connectivity index (χ0n) is 13.1. The number of nitrogens with zero attached hydrogens (tertiary/aromatic N) is 1. The fourth-order valence-corrected chi connectivity index (χ4v) is 2.19. The van der Waals surface area contributed by atoms with Crippen molar-refractivity contribution >= 4 is 5.91 Å². The number of aliphatic hydroxyl groups is 1. The third-order valence-electron chi connectivity index (χ3n) is 3.37. The molecule has 0 aliphatic rings. The topological polar surface area (TPSA) is 40.5 Å². The minimum absolute atomic E-state index is 0.106. The summed E-state index contributed by atoms with van der Waals surface area (Å²) in [6.07, 6.45) is 2.29. The summed E-state index contributed by atoms with van der Waals surface area (Å²) in [5.41, 5.74) is 1.67. The number of hydrogen-bond donors (Lipinski definition) is 1. The second-order valence-corrected chi connectivity index (χ2v) is 5.89. The molecule has 0 bridgehead atoms. The molecule has 3 nitrogen and oxygen atoms in total. The van der Waals surface area contributed by atoms with Crippen molar-refractivity contribution in [3.8, 4) is 0 Å². The summed E-state index contributed by atoms with van der Waals surface area (Å²) in [5.74, 6) is 0.106. The first-order chi connectivity index (χ1) is 9.35. The maximum absolute atomic E-state index is 12.2. The molecule has 0 fully saturated rings. The van der Waals surface area contributed by atoms with Gasteiger partial charge >= 0.3 is 0 Å². The van der Waals surface area contributed by atoms with Crippen LogP contribution in [0, 0.1) is 0 Å². The molecule has 1 aromatic carbocycles. The Kier molecular flexibility index (Phi) is 6.21. The first kappa shape index (κ1) is 16.7. The van der Waals surface area contributed by atoms with Gasteiger partial charge in [0.2, 0.25) is 5.91 Å². The molecule has 0 spiro atoms. The number of rotatable bonds is 7. The summed E-state index contributed by atoms with van der Waals surface area (Å²) in [6.45, 7) is 8.56. The Morgan fingerprint density at radius 1 is 1.15 bits per heavy atom. The van der Waals surface area contributed by atoms with Gasteiger partial charge in [-0.2, -0.15) is 0 Å². The fraction of sp³-hybridized carbons (Fsp3) is 0.588. The fourth-order valence-electron chi connectivity index (χ4n) is 2.19. The molecule has 3 heteroatoms. The normalized spacial score (nSPS) is 11.4. The van der Waals surface area contributed by atoms with Crippen LogP contribution >= 0.6 is 0 Å². The molecule has 1 N–H and O–H groups in total. The van der Waals surface area contributed by atoms with E-state index in [-0.39, 0.29) is 5.91 Å². The zero-order chi connectivity index (χ0) is 15.2. The minimum Gasteiger partial charge on any atom is -0.389 e. The second-order valence-electron chi connectivity index (χ2n) is 5.89. The van der Waals surface area contributed by atoms with Crippen molar-refractivity contribution in [3.05, 3.63) is 35.4 Å². The monoisotopic (exact) mass is 277 g/mol. The van der Waals surface area contributed by atoms with E-state index in [0.717, 1.165) is 12.8 Å². The molecule has 0 unspecified atom stereocenters. The van der Waals surface area contributed by atoms with Crippen molar-refractivity contribution in [2.24, 2.45) is 0 Å². The third-order valence-corrected chi connectivity index (χ3v) is 3.37. The molecule has 0 radical (unpaired) electrons. The lowest BCUT2D eigenvalue weighted by atomic mass is 10.0. The van der Waals surface area contributed by atoms with E-state index in [4.69, 9.17) is 0 Å². The van der Waals surface area contributed by atoms with Crippen LogP contribution in [0.2, 0.25) is 0 Å². The summed E-state index contributed by atoms with van der Waals surface area (Å²) >= 11 is 0. The van der Waals surface area contributed by atoms with Crippen molar-refractivity contribution < 1.29 is 9.90 Å². The predicted molar refractivity (Wildman–Crippen MR) is 82.7 cm³/mol. The SMILES string of the molecule is CCc1ccc(CCC(=O)N(CC)CC(C)(C)O)cc1. The minimum atomic E-state index is -0.839. The first-order valence-corrected chi connectivity index (χ1v) is 7.43. The Labute approximate surface area is 122 Å². The highest BCUT2D eigenvalue weighted by atomic mass is 16.3. The van der Waals surface area contributed by atoms with Gasteiger partial charge in [0.1, 0.15) is 0 Å². The predicted octanol–water partition coefficient (Wildman–Crippen LogP) is 2.80. The van der Waals surface area contributed by atoms with Gasteiger partial charge in [0, 0.05) is 19.5 Å². The summed E-state index contributed by atoms with van der Waals surface area (Å²) in [6, 6.07) is 8.43. The smallest absolute Gasteiger partial charge is 0.222 e. The van der Waals surface area contributed by atoms with Gasteiger partial charge in [-0.3, -0.25) is 4.79 Å². The molecule has 1 aromatic rings. The van der Waals surface area contributed by atoms with E-state index in [0.29, 0.717) is 19.5 Å². The lowest BCUT2D eigenvalue weighted by molar-refractivity contribution is -0.133. The van der Waals surface area contributed by atoms with Crippen molar-refractivity contribution in [1.82, 2.24) is 4.90 Å². The number of aryl methyl sites for hydroxylation is 2. The van der Waals surface area contributed by atoms with E-state index in [1.54, 1.807) is 18.7 Å². The molecule has 0 heterocycles. The second kappa shape index (κ2) is 7.44. The number of carbonyl (C=O) groups is 1. The van der Waals surface area contributed by atoms with Crippen molar-refractivity contribution in [3.63, 3.8) is 0 Å². The van der Waals surface area contributed by atoms with Gasteiger partial charge < -0.3 is 10.0 Å². The van der Waals surface area contributed by atoms with Gasteiger partial charge in [-0.1, -0.05) is 31.2 Å². The molecule has 20 heavy (non-hydrogen) atoms. The van der Waals surface area contributed by atoms with Crippen LogP contribution in [-0.2, 0) is 17.6 Å². The summed E-state index contributed by atoms with van der Waals surface area (Å²) in [5, 5.41) is 9.82. The van der Waals surface area contributed by atoms with Crippen LogP contribution in [0.3, 0.4) is 0 Å². The summed E-state index contributed by atoms with van der Waals surface area (Å²) in [7, 11) is 0. The first-order valence-electron chi connectivity index (χ1n) is 7.43. The highest BCUT2D eigenvalue weighted by Crippen LogP contribution is 2.10. The van der Waals surface area contributed by atoms with Crippen LogP contribution in [-0.4, -0.2) is 34.6 Å². The van der Waals surface area contributed by atoms with E-state index in [1.165, 1.54) is 11.1 Å². The Bertz CT molecular complexity index is 418. The summed E-state index contributed by atoms with van der Waals surface area (Å²) in [4.78, 5) is 13.9. The Morgan fingerprint density at radius 3 is 2.15 bits per heavy atom. The number of likely N-dealkylation sites (N-methyl/N-ethyl adjacent to an activating group) is 1. The molecular formula is C17H27NO2. The van der Waals surface area contributed by atoms with Crippen LogP contribution < -0.4 is 0 Å². The zero-order valence-corrected chi connectivity index (χ0v) is 13.1. The summed E-state index contributed by atoms with van der Waals surface area (Å²) < 4.78 is 0. The van der Waals surface area contributed by atoms with E-state index in [2.05, 4.69) is 31.2 Å². The van der Waals surface area contributed by atoms with Crippen LogP contribution in [0.25, 0.3) is 0 Å². The van der Waals surface area contributed by atoms with Crippen molar-refractivity contribution in [1.29, 1.82) is 0 Å². The molecule has 1 amide bonds. The molecule has 0 aliphatic carbocycles. The number of amides is 1. The Balaban J connectivity index is 2.52. The van der Waals surface area contributed by atoms with Gasteiger partial charge in [0.05, 0.1) is 5.60 Å². The lowest BCUT2D eigenvalue weighted by Crippen LogP contribution is -2.42. The number of carbonyl (C=O) groups excluding carboxylic acids is 1. The van der Waals surface area contributed by atoms with E-state index in [1.807, 2.05) is 6.92 Å². The van der Waals surface area contributed by atoms with Gasteiger partial charge in [-0.15, -0.1) is 0 Å². The van der Waals surface area contributed by atoms with Crippen LogP contribution in [0.5, 0.6) is 0 Å². The highest BCUT2D eigenvalue weighted by Gasteiger charge is 2.20. The average Bonchev–Trinajstić information content (AvgIpc) is 2.41. The van der Waals surface area contributed by atoms with Gasteiger partial charge in [0.15, 0.2) is 0 Å². The largest absolute Gasteiger partial charge is 0.389 e. The molecule has 0 saturated heterocycles. The third kappa shape index (κ3) is 5.74. The number of benzene rings is 1. The maximum Gasteiger partial charge on any atom is 0.222 e. The molecular weight excluding hydrogens is 250 g/mol. The van der Waals surface area contributed by atoms with E-state index >= 15 is 0 Å². The van der Waals surface area contributed by atoms with Gasteiger partial charge in [0.25, 0.3) is 0 Å². The lowest BCUT2D eigenvalue weighted by Gasteiger charge is -2.28. The Morgan fingerprint density at radius 2 is 1.70 bits per heavy atom. The standard InChI is InChI=1S/C17H27NO2/c1-5-14-7-9-15(10-8-14)11-12-16(19)18(6-2)13-17(3,4)20/h7-10,20H,5-6,11-13H2,1-4H3. The molecule has 112 valence electrons. The number of hydrogen-bond acceptors (Lipinski definition) is 2. The molecule has 0 atom stereocenters. The van der Waals surface area contributed by atoms with Crippen LogP contribution in [0.4, 0.5) is 0 Å². The quantitative estimate of drug-likeness (QED) is 0.832. The van der Waals surface area contributed by atoms with Crippen LogP contribution in [0.1, 0.15) is 45.2 Å². The molecule has 0 aromatic heterocycles. The van der Waals surface area contributed by atoms with Crippen LogP contribution in [0.15, 0.2) is 24.3 Å². The maximum atomic E-state index is 12.2. The highest BCUT2D eigenvalue weighted by molar-refractivity contribution is 5.76. The van der Waals surface area contributed by atoms with E-state index < -0.39 is 5.60 Å². The molecule has 0 aliphatic heterocycles. The molecule has 1 rings (SSSR count). The van der Waals surface area contributed by atoms with Crippen molar-refractivity contribution in [2.45, 2.75) is 52.6 Å². The Hall–Kier alpha value is -1.35.